The standard InChI is InChI=1S/C18H16INO2S/c1-3-11-8-14(16(21)9-17(11)22-2)18-15(10-20-23-18)12-4-6-13(19)7-5-12/h4-10,21H,3H2,1-2H3. The molecule has 5 heteroatoms. The molecule has 0 unspecified atom stereocenters. The van der Waals surface area contributed by atoms with Crippen LogP contribution < -0.4 is 4.74 Å². The van der Waals surface area contributed by atoms with Gasteiger partial charge in [0.05, 0.1) is 12.0 Å². The Balaban J connectivity index is 2.13. The minimum Gasteiger partial charge on any atom is -0.507 e. The summed E-state index contributed by atoms with van der Waals surface area (Å²) in [5.74, 6) is 0.934. The van der Waals surface area contributed by atoms with Crippen molar-refractivity contribution in [3.8, 4) is 33.1 Å². The Kier molecular flexibility index (Phi) is 4.87. The van der Waals surface area contributed by atoms with Crippen LogP contribution in [-0.4, -0.2) is 16.6 Å². The van der Waals surface area contributed by atoms with Crippen LogP contribution in [0.15, 0.2) is 42.6 Å². The Morgan fingerprint density at radius 2 is 1.91 bits per heavy atom. The van der Waals surface area contributed by atoms with E-state index in [1.165, 1.54) is 15.1 Å². The number of methoxy groups -OCH3 is 1. The molecule has 3 nitrogen and oxygen atoms in total. The molecule has 2 aromatic carbocycles. The first-order valence-electron chi connectivity index (χ1n) is 7.25. The summed E-state index contributed by atoms with van der Waals surface area (Å²) in [6, 6.07) is 12.0. The van der Waals surface area contributed by atoms with Crippen molar-refractivity contribution in [2.24, 2.45) is 0 Å². The summed E-state index contributed by atoms with van der Waals surface area (Å²) in [6.45, 7) is 2.07. The van der Waals surface area contributed by atoms with E-state index in [-0.39, 0.29) is 5.75 Å². The highest BCUT2D eigenvalue weighted by Gasteiger charge is 2.16. The first-order valence-corrected chi connectivity index (χ1v) is 9.10. The molecule has 1 N–H and O–H groups in total. The summed E-state index contributed by atoms with van der Waals surface area (Å²) in [6.07, 6.45) is 2.70. The van der Waals surface area contributed by atoms with Crippen LogP contribution in [0.1, 0.15) is 12.5 Å². The second-order valence-electron chi connectivity index (χ2n) is 5.11. The number of hydrogen-bond acceptors (Lipinski definition) is 4. The molecule has 0 fully saturated rings. The maximum Gasteiger partial charge on any atom is 0.128 e. The van der Waals surface area contributed by atoms with Gasteiger partial charge in [0.1, 0.15) is 11.5 Å². The molecule has 0 atom stereocenters. The molecule has 118 valence electrons. The molecular formula is C18H16INO2S. The van der Waals surface area contributed by atoms with E-state index in [4.69, 9.17) is 4.74 Å². The van der Waals surface area contributed by atoms with E-state index < -0.39 is 0 Å². The van der Waals surface area contributed by atoms with Crippen molar-refractivity contribution in [3.05, 3.63) is 51.7 Å². The lowest BCUT2D eigenvalue weighted by Gasteiger charge is -2.12. The van der Waals surface area contributed by atoms with Crippen molar-refractivity contribution in [1.29, 1.82) is 0 Å². The highest BCUT2D eigenvalue weighted by Crippen LogP contribution is 2.42. The van der Waals surface area contributed by atoms with Gasteiger partial charge in [-0.15, -0.1) is 0 Å². The van der Waals surface area contributed by atoms with Crippen molar-refractivity contribution in [2.75, 3.05) is 7.11 Å². The minimum atomic E-state index is 0.218. The third kappa shape index (κ3) is 3.21. The number of benzene rings is 2. The van der Waals surface area contributed by atoms with Gasteiger partial charge >= 0.3 is 0 Å². The summed E-state index contributed by atoms with van der Waals surface area (Å²) in [7, 11) is 1.62. The minimum absolute atomic E-state index is 0.218. The molecular weight excluding hydrogens is 421 g/mol. The van der Waals surface area contributed by atoms with Gasteiger partial charge in [-0.2, -0.15) is 4.37 Å². The first kappa shape index (κ1) is 16.3. The zero-order valence-electron chi connectivity index (χ0n) is 12.8. The molecule has 0 saturated carbocycles. The molecule has 0 spiro atoms. The van der Waals surface area contributed by atoms with E-state index in [1.807, 2.05) is 12.3 Å². The van der Waals surface area contributed by atoms with E-state index in [1.54, 1.807) is 13.2 Å². The fraction of sp³-hybridized carbons (Fsp3) is 0.167. The summed E-state index contributed by atoms with van der Waals surface area (Å²) < 4.78 is 10.9. The summed E-state index contributed by atoms with van der Waals surface area (Å²) in [5.41, 5.74) is 4.01. The topological polar surface area (TPSA) is 42.4 Å². The molecule has 0 saturated heterocycles. The number of hydrogen-bond donors (Lipinski definition) is 1. The van der Waals surface area contributed by atoms with Gasteiger partial charge in [0.2, 0.25) is 0 Å². The first-order chi connectivity index (χ1) is 11.1. The number of phenols is 1. The maximum absolute atomic E-state index is 10.4. The lowest BCUT2D eigenvalue weighted by Crippen LogP contribution is -1.92. The van der Waals surface area contributed by atoms with Crippen molar-refractivity contribution >= 4 is 34.1 Å². The molecule has 1 aromatic heterocycles. The second-order valence-corrected chi connectivity index (χ2v) is 7.16. The SMILES string of the molecule is CCc1cc(-c2sncc2-c2ccc(I)cc2)c(O)cc1OC. The molecule has 0 bridgehead atoms. The Labute approximate surface area is 153 Å². The Bertz CT molecular complexity index is 828. The second kappa shape index (κ2) is 6.88. The van der Waals surface area contributed by atoms with Gasteiger partial charge in [-0.1, -0.05) is 19.1 Å². The van der Waals surface area contributed by atoms with Gasteiger partial charge in [0.25, 0.3) is 0 Å². The molecule has 0 amide bonds. The number of nitrogens with zero attached hydrogens (tertiary/aromatic N) is 1. The fourth-order valence-electron chi connectivity index (χ4n) is 2.53. The van der Waals surface area contributed by atoms with E-state index in [9.17, 15) is 5.11 Å². The summed E-state index contributed by atoms with van der Waals surface area (Å²) >= 11 is 3.69. The summed E-state index contributed by atoms with van der Waals surface area (Å²) in [5, 5.41) is 10.4. The van der Waals surface area contributed by atoms with E-state index in [0.717, 1.165) is 33.6 Å². The third-order valence-electron chi connectivity index (χ3n) is 3.75. The number of aromatic nitrogens is 1. The molecule has 1 heterocycles. The monoisotopic (exact) mass is 437 g/mol. The predicted molar refractivity (Wildman–Crippen MR) is 103 cm³/mol. The van der Waals surface area contributed by atoms with Gasteiger partial charge < -0.3 is 9.84 Å². The molecule has 3 rings (SSSR count). The molecule has 3 aromatic rings. The predicted octanol–water partition coefficient (Wildman–Crippen LogP) is 5.36. The van der Waals surface area contributed by atoms with Crippen LogP contribution in [0.25, 0.3) is 21.6 Å². The fourth-order valence-corrected chi connectivity index (χ4v) is 3.68. The molecule has 0 aliphatic carbocycles. The van der Waals surface area contributed by atoms with Crippen molar-refractivity contribution in [2.45, 2.75) is 13.3 Å². The Morgan fingerprint density at radius 1 is 1.17 bits per heavy atom. The van der Waals surface area contributed by atoms with Crippen molar-refractivity contribution < 1.29 is 9.84 Å². The quantitative estimate of drug-likeness (QED) is 0.559. The molecule has 0 radical (unpaired) electrons. The van der Waals surface area contributed by atoms with Gasteiger partial charge in [-0.25, -0.2) is 0 Å². The summed E-state index contributed by atoms with van der Waals surface area (Å²) in [4.78, 5) is 0.973. The molecule has 0 aliphatic rings. The Morgan fingerprint density at radius 3 is 2.57 bits per heavy atom. The highest BCUT2D eigenvalue weighted by molar-refractivity contribution is 14.1. The van der Waals surface area contributed by atoms with E-state index >= 15 is 0 Å². The lowest BCUT2D eigenvalue weighted by molar-refractivity contribution is 0.403. The number of aryl methyl sites for hydroxylation is 1. The van der Waals surface area contributed by atoms with Crippen LogP contribution in [0.2, 0.25) is 0 Å². The van der Waals surface area contributed by atoms with Crippen LogP contribution in [0, 0.1) is 3.57 Å². The number of halogens is 1. The smallest absolute Gasteiger partial charge is 0.128 e. The average Bonchev–Trinajstić information content (AvgIpc) is 3.04. The number of rotatable bonds is 4. The third-order valence-corrected chi connectivity index (χ3v) is 5.30. The van der Waals surface area contributed by atoms with Crippen LogP contribution >= 0.6 is 34.1 Å². The van der Waals surface area contributed by atoms with Gasteiger partial charge in [-0.05, 0) is 69.9 Å². The number of aromatic hydroxyl groups is 1. The lowest BCUT2D eigenvalue weighted by atomic mass is 10.00. The van der Waals surface area contributed by atoms with Gasteiger partial charge in [-0.3, -0.25) is 0 Å². The normalized spacial score (nSPS) is 10.7. The van der Waals surface area contributed by atoms with E-state index in [2.05, 4.69) is 58.2 Å². The zero-order chi connectivity index (χ0) is 16.4. The largest absolute Gasteiger partial charge is 0.507 e. The van der Waals surface area contributed by atoms with Gasteiger partial charge in [0, 0.05) is 27.0 Å². The van der Waals surface area contributed by atoms with Crippen LogP contribution in [-0.2, 0) is 6.42 Å². The number of phenolic OH excluding ortho intramolecular Hbond substituents is 1. The van der Waals surface area contributed by atoms with E-state index in [0.29, 0.717) is 5.75 Å². The Hall–Kier alpha value is -1.60. The van der Waals surface area contributed by atoms with Crippen LogP contribution in [0.5, 0.6) is 11.5 Å². The molecule has 23 heavy (non-hydrogen) atoms. The maximum atomic E-state index is 10.4. The van der Waals surface area contributed by atoms with Crippen LogP contribution in [0.3, 0.4) is 0 Å². The van der Waals surface area contributed by atoms with Crippen LogP contribution in [0.4, 0.5) is 0 Å². The van der Waals surface area contributed by atoms with Crippen molar-refractivity contribution in [3.63, 3.8) is 0 Å². The average molecular weight is 437 g/mol. The zero-order valence-corrected chi connectivity index (χ0v) is 15.8. The molecule has 0 aliphatic heterocycles. The van der Waals surface area contributed by atoms with Gasteiger partial charge in [0.15, 0.2) is 0 Å². The van der Waals surface area contributed by atoms with Crippen molar-refractivity contribution in [1.82, 2.24) is 4.37 Å². The number of ether oxygens (including phenoxy) is 1. The highest BCUT2D eigenvalue weighted by atomic mass is 127.